The summed E-state index contributed by atoms with van der Waals surface area (Å²) >= 11 is -2.34. The number of nitro groups is 1. The van der Waals surface area contributed by atoms with Crippen molar-refractivity contribution in [3.05, 3.63) is 69.8 Å². The van der Waals surface area contributed by atoms with Crippen molar-refractivity contribution in [2.24, 2.45) is 0 Å². The Bertz CT molecular complexity index is 699. The van der Waals surface area contributed by atoms with Gasteiger partial charge in [0.25, 0.3) is 5.69 Å². The fraction of sp³-hybridized carbons (Fsp3) is 0. The minimum atomic E-state index is -2.34. The van der Waals surface area contributed by atoms with Crippen molar-refractivity contribution in [2.75, 3.05) is 0 Å². The summed E-state index contributed by atoms with van der Waals surface area (Å²) in [5.41, 5.74) is -0.289. The number of hydrogen-bond acceptors (Lipinski definition) is 4. The number of carbonyl (C=O) groups excluding carboxylic acids is 1. The number of nitrogens with zero attached hydrogens (tertiary/aromatic N) is 1. The summed E-state index contributed by atoms with van der Waals surface area (Å²) in [6, 6.07) is 11.5. The lowest BCUT2D eigenvalue weighted by molar-refractivity contribution is -0.385. The Morgan fingerprint density at radius 1 is 1.15 bits per heavy atom. The summed E-state index contributed by atoms with van der Waals surface area (Å²) in [4.78, 5) is 22.3. The number of ketones is 1. The van der Waals surface area contributed by atoms with Gasteiger partial charge < -0.3 is 4.55 Å². The van der Waals surface area contributed by atoms with E-state index in [1.165, 1.54) is 12.1 Å². The van der Waals surface area contributed by atoms with Crippen LogP contribution in [0, 0.1) is 10.1 Å². The molecule has 0 fully saturated rings. The van der Waals surface area contributed by atoms with E-state index >= 15 is 0 Å². The molecule has 0 aliphatic rings. The van der Waals surface area contributed by atoms with Gasteiger partial charge in [-0.15, -0.1) is 0 Å². The smallest absolute Gasteiger partial charge is 0.281 e. The van der Waals surface area contributed by atoms with E-state index in [9.17, 15) is 19.1 Å². The second-order valence-corrected chi connectivity index (χ2v) is 4.85. The molecule has 1 atom stereocenters. The van der Waals surface area contributed by atoms with Crippen LogP contribution in [0.2, 0.25) is 0 Å². The summed E-state index contributed by atoms with van der Waals surface area (Å²) in [7, 11) is 0. The van der Waals surface area contributed by atoms with Crippen LogP contribution in [0.15, 0.2) is 53.4 Å². The van der Waals surface area contributed by atoms with Gasteiger partial charge in [-0.25, -0.2) is 4.21 Å². The zero-order valence-corrected chi connectivity index (χ0v) is 10.9. The lowest BCUT2D eigenvalue weighted by Crippen LogP contribution is -2.06. The number of hydrogen-bond donors (Lipinski definition) is 1. The first kappa shape index (κ1) is 14.0. The van der Waals surface area contributed by atoms with Crippen LogP contribution in [0.5, 0.6) is 0 Å². The van der Waals surface area contributed by atoms with E-state index in [2.05, 4.69) is 0 Å². The van der Waals surface area contributed by atoms with E-state index < -0.39 is 27.5 Å². The van der Waals surface area contributed by atoms with Crippen LogP contribution in [-0.2, 0) is 11.1 Å². The number of rotatable bonds is 4. The van der Waals surface area contributed by atoms with Crippen molar-refractivity contribution in [3.8, 4) is 0 Å². The van der Waals surface area contributed by atoms with Gasteiger partial charge in [0.15, 0.2) is 16.9 Å². The normalized spacial score (nSPS) is 11.8. The molecule has 0 saturated heterocycles. The Kier molecular flexibility index (Phi) is 4.02. The maximum absolute atomic E-state index is 12.2. The summed E-state index contributed by atoms with van der Waals surface area (Å²) in [6.45, 7) is 0. The first-order valence-electron chi connectivity index (χ1n) is 5.49. The number of benzene rings is 2. The number of carbonyl (C=O) groups is 1. The summed E-state index contributed by atoms with van der Waals surface area (Å²) in [6.07, 6.45) is 0. The Balaban J connectivity index is 2.54. The maximum Gasteiger partial charge on any atom is 0.281 e. The SMILES string of the molecule is O=C(c1ccccc1)c1ccc(S(=O)O)cc1[N+](=O)[O-]. The standard InChI is InChI=1S/C13H9NO5S/c15-13(9-4-2-1-3-5-9)11-7-6-10(20(18)19)8-12(11)14(16)17/h1-8H,(H,18,19). The molecule has 1 unspecified atom stereocenters. The maximum atomic E-state index is 12.2. The number of nitro benzene ring substituents is 1. The first-order valence-corrected chi connectivity index (χ1v) is 6.60. The van der Waals surface area contributed by atoms with E-state index in [1.54, 1.807) is 30.3 Å². The average molecular weight is 291 g/mol. The predicted molar refractivity (Wildman–Crippen MR) is 72.0 cm³/mol. The Morgan fingerprint density at radius 2 is 1.80 bits per heavy atom. The molecular weight excluding hydrogens is 282 g/mol. The third kappa shape index (κ3) is 2.79. The molecule has 0 aromatic heterocycles. The van der Waals surface area contributed by atoms with Gasteiger partial charge in [0, 0.05) is 11.6 Å². The average Bonchev–Trinajstić information content (AvgIpc) is 2.46. The molecular formula is C13H9NO5S. The molecule has 102 valence electrons. The Hall–Kier alpha value is -2.38. The molecule has 0 amide bonds. The lowest BCUT2D eigenvalue weighted by atomic mass is 10.0. The molecule has 0 spiro atoms. The van der Waals surface area contributed by atoms with Gasteiger partial charge in [-0.1, -0.05) is 30.3 Å². The molecule has 2 aromatic carbocycles. The van der Waals surface area contributed by atoms with Crippen LogP contribution in [0.3, 0.4) is 0 Å². The highest BCUT2D eigenvalue weighted by molar-refractivity contribution is 7.79. The zero-order valence-electron chi connectivity index (χ0n) is 10.1. The Labute approximate surface area is 116 Å². The third-order valence-corrected chi connectivity index (χ3v) is 3.31. The van der Waals surface area contributed by atoms with Crippen LogP contribution in [0.25, 0.3) is 0 Å². The van der Waals surface area contributed by atoms with Gasteiger partial charge in [-0.05, 0) is 12.1 Å². The minimum absolute atomic E-state index is 0.115. The minimum Gasteiger partial charge on any atom is -0.302 e. The van der Waals surface area contributed by atoms with Gasteiger partial charge in [-0.2, -0.15) is 0 Å². The van der Waals surface area contributed by atoms with Crippen LogP contribution in [0.1, 0.15) is 15.9 Å². The molecule has 0 aliphatic carbocycles. The topological polar surface area (TPSA) is 97.5 Å². The molecule has 0 radical (unpaired) electrons. The van der Waals surface area contributed by atoms with Gasteiger partial charge >= 0.3 is 0 Å². The quantitative estimate of drug-likeness (QED) is 0.404. The third-order valence-electron chi connectivity index (χ3n) is 2.65. The summed E-state index contributed by atoms with van der Waals surface area (Å²) < 4.78 is 19.9. The molecule has 0 saturated carbocycles. The van der Waals surface area contributed by atoms with Crippen molar-refractivity contribution in [3.63, 3.8) is 0 Å². The van der Waals surface area contributed by atoms with Crippen molar-refractivity contribution < 1.29 is 18.5 Å². The van der Waals surface area contributed by atoms with E-state index in [0.717, 1.165) is 6.07 Å². The highest BCUT2D eigenvalue weighted by Gasteiger charge is 2.22. The van der Waals surface area contributed by atoms with Crippen LogP contribution in [-0.4, -0.2) is 19.5 Å². The van der Waals surface area contributed by atoms with Crippen molar-refractivity contribution in [1.82, 2.24) is 0 Å². The fourth-order valence-corrected chi connectivity index (χ4v) is 2.11. The van der Waals surface area contributed by atoms with Crippen molar-refractivity contribution in [1.29, 1.82) is 0 Å². The van der Waals surface area contributed by atoms with E-state index in [4.69, 9.17) is 4.55 Å². The van der Waals surface area contributed by atoms with Crippen LogP contribution in [0.4, 0.5) is 5.69 Å². The van der Waals surface area contributed by atoms with Gasteiger partial charge in [0.05, 0.1) is 9.82 Å². The molecule has 6 nitrogen and oxygen atoms in total. The molecule has 2 rings (SSSR count). The molecule has 7 heteroatoms. The second-order valence-electron chi connectivity index (χ2n) is 3.88. The monoisotopic (exact) mass is 291 g/mol. The Morgan fingerprint density at radius 3 is 2.35 bits per heavy atom. The fourth-order valence-electron chi connectivity index (χ4n) is 1.71. The second kappa shape index (κ2) is 5.72. The van der Waals surface area contributed by atoms with Crippen LogP contribution >= 0.6 is 0 Å². The molecule has 1 N–H and O–H groups in total. The van der Waals surface area contributed by atoms with Crippen molar-refractivity contribution in [2.45, 2.75) is 4.90 Å². The molecule has 0 bridgehead atoms. The predicted octanol–water partition coefficient (Wildman–Crippen LogP) is 2.41. The lowest BCUT2D eigenvalue weighted by Gasteiger charge is -2.04. The molecule has 0 aliphatic heterocycles. The van der Waals surface area contributed by atoms with Crippen LogP contribution < -0.4 is 0 Å². The van der Waals surface area contributed by atoms with Gasteiger partial charge in [0.1, 0.15) is 5.56 Å². The molecule has 20 heavy (non-hydrogen) atoms. The van der Waals surface area contributed by atoms with Gasteiger partial charge in [0.2, 0.25) is 0 Å². The largest absolute Gasteiger partial charge is 0.302 e. The molecule has 2 aromatic rings. The summed E-state index contributed by atoms with van der Waals surface area (Å²) in [5.74, 6) is -0.507. The van der Waals surface area contributed by atoms with E-state index in [-0.39, 0.29) is 10.5 Å². The zero-order chi connectivity index (χ0) is 14.7. The van der Waals surface area contributed by atoms with Gasteiger partial charge in [-0.3, -0.25) is 14.9 Å². The highest BCUT2D eigenvalue weighted by Crippen LogP contribution is 2.24. The highest BCUT2D eigenvalue weighted by atomic mass is 32.2. The molecule has 0 heterocycles. The van der Waals surface area contributed by atoms with E-state index in [0.29, 0.717) is 5.56 Å². The van der Waals surface area contributed by atoms with Crippen molar-refractivity contribution >= 4 is 22.6 Å². The summed E-state index contributed by atoms with van der Waals surface area (Å²) in [5, 5.41) is 11.0. The van der Waals surface area contributed by atoms with E-state index in [1.807, 2.05) is 0 Å². The first-order chi connectivity index (χ1) is 9.50.